The number of nitrogens with zero attached hydrogens (tertiary/aromatic N) is 1. The lowest BCUT2D eigenvalue weighted by atomic mass is 9.88. The zero-order chi connectivity index (χ0) is 10.9. The summed E-state index contributed by atoms with van der Waals surface area (Å²) in [5.41, 5.74) is -0.0739. The van der Waals surface area contributed by atoms with E-state index in [4.69, 9.17) is 0 Å². The van der Waals surface area contributed by atoms with Crippen LogP contribution in [-0.4, -0.2) is 16.3 Å². The molecule has 0 spiro atoms. The van der Waals surface area contributed by atoms with Crippen LogP contribution in [0.4, 0.5) is 0 Å². The van der Waals surface area contributed by atoms with Gasteiger partial charge in [0.15, 0.2) is 6.29 Å². The molecule has 15 heavy (non-hydrogen) atoms. The van der Waals surface area contributed by atoms with Crippen LogP contribution in [0.15, 0.2) is 10.9 Å². The van der Waals surface area contributed by atoms with Crippen molar-refractivity contribution >= 4 is 6.29 Å². The number of aldehydes is 1. The lowest BCUT2D eigenvalue weighted by molar-refractivity contribution is 0.111. The molecule has 0 unspecified atom stereocenters. The topological polar surface area (TPSA) is 62.8 Å². The zero-order valence-electron chi connectivity index (χ0n) is 8.75. The van der Waals surface area contributed by atoms with Gasteiger partial charge in [0.1, 0.15) is 11.5 Å². The summed E-state index contributed by atoms with van der Waals surface area (Å²) in [6.45, 7) is 2.09. The number of aromatic nitrogens is 2. The molecule has 1 aromatic heterocycles. The van der Waals surface area contributed by atoms with Crippen molar-refractivity contribution in [2.75, 3.05) is 0 Å². The molecule has 0 aromatic carbocycles. The quantitative estimate of drug-likeness (QED) is 0.744. The number of nitrogens with one attached hydrogen (secondary N) is 1. The Hall–Kier alpha value is -1.45. The highest BCUT2D eigenvalue weighted by molar-refractivity contribution is 5.71. The maximum atomic E-state index is 11.3. The molecule has 2 rings (SSSR count). The van der Waals surface area contributed by atoms with Gasteiger partial charge in [-0.3, -0.25) is 9.59 Å². The van der Waals surface area contributed by atoms with Gasteiger partial charge in [0, 0.05) is 11.5 Å². The maximum Gasteiger partial charge on any atom is 0.251 e. The van der Waals surface area contributed by atoms with Crippen LogP contribution in [0.2, 0.25) is 0 Å². The Morgan fingerprint density at radius 3 is 2.73 bits per heavy atom. The van der Waals surface area contributed by atoms with Gasteiger partial charge in [-0.15, -0.1) is 0 Å². The van der Waals surface area contributed by atoms with Crippen LogP contribution in [-0.2, 0) is 5.41 Å². The van der Waals surface area contributed by atoms with Crippen LogP contribution in [0.5, 0.6) is 0 Å². The Morgan fingerprint density at radius 1 is 1.47 bits per heavy atom. The summed E-state index contributed by atoms with van der Waals surface area (Å²) in [4.78, 5) is 28.9. The number of H-pyrrole nitrogens is 1. The van der Waals surface area contributed by atoms with Gasteiger partial charge >= 0.3 is 0 Å². The van der Waals surface area contributed by atoms with Gasteiger partial charge < -0.3 is 4.98 Å². The lowest BCUT2D eigenvalue weighted by Crippen LogP contribution is -2.25. The van der Waals surface area contributed by atoms with Gasteiger partial charge in [0.05, 0.1) is 0 Å². The Labute approximate surface area is 87.7 Å². The number of hydrogen-bond acceptors (Lipinski definition) is 3. The third kappa shape index (κ3) is 1.84. The van der Waals surface area contributed by atoms with Crippen LogP contribution >= 0.6 is 0 Å². The highest BCUT2D eigenvalue weighted by Crippen LogP contribution is 2.38. The van der Waals surface area contributed by atoms with Crippen molar-refractivity contribution in [1.82, 2.24) is 9.97 Å². The minimum absolute atomic E-state index is 0.0574. The lowest BCUT2D eigenvalue weighted by Gasteiger charge is -2.21. The minimum Gasteiger partial charge on any atom is -0.310 e. The fraction of sp³-hybridized carbons (Fsp3) is 0.545. The number of hydrogen-bond donors (Lipinski definition) is 1. The molecule has 0 saturated heterocycles. The summed E-state index contributed by atoms with van der Waals surface area (Å²) < 4.78 is 0. The summed E-state index contributed by atoms with van der Waals surface area (Å²) >= 11 is 0. The van der Waals surface area contributed by atoms with Gasteiger partial charge in [0.2, 0.25) is 0 Å². The first kappa shape index (κ1) is 10.1. The van der Waals surface area contributed by atoms with Gasteiger partial charge in [-0.25, -0.2) is 4.98 Å². The molecule has 0 aliphatic heterocycles. The fourth-order valence-corrected chi connectivity index (χ4v) is 2.21. The number of carbonyl (C=O) groups is 1. The second kappa shape index (κ2) is 3.61. The largest absolute Gasteiger partial charge is 0.310 e. The smallest absolute Gasteiger partial charge is 0.251 e. The van der Waals surface area contributed by atoms with E-state index in [0.717, 1.165) is 25.7 Å². The molecular weight excluding hydrogens is 192 g/mol. The molecule has 0 atom stereocenters. The summed E-state index contributed by atoms with van der Waals surface area (Å²) in [6.07, 6.45) is 4.99. The van der Waals surface area contributed by atoms with Crippen LogP contribution in [0.3, 0.4) is 0 Å². The van der Waals surface area contributed by atoms with Crippen molar-refractivity contribution in [2.24, 2.45) is 0 Å². The molecule has 0 bridgehead atoms. The van der Waals surface area contributed by atoms with Crippen molar-refractivity contribution in [3.8, 4) is 0 Å². The number of aromatic amines is 1. The molecule has 1 aromatic rings. The molecule has 80 valence electrons. The standard InChI is InChI=1S/C11H14N2O2/c1-11(4-2-3-5-11)10-12-8(7-14)6-9(15)13-10/h6-7H,2-5H2,1H3,(H,12,13,15). The molecule has 1 aliphatic carbocycles. The Morgan fingerprint density at radius 2 is 2.13 bits per heavy atom. The van der Waals surface area contributed by atoms with Crippen molar-refractivity contribution in [2.45, 2.75) is 38.0 Å². The van der Waals surface area contributed by atoms with Crippen molar-refractivity contribution in [1.29, 1.82) is 0 Å². The second-order valence-electron chi connectivity index (χ2n) is 4.40. The van der Waals surface area contributed by atoms with E-state index in [1.54, 1.807) is 0 Å². The van der Waals surface area contributed by atoms with Crippen molar-refractivity contribution < 1.29 is 4.79 Å². The van der Waals surface area contributed by atoms with Crippen molar-refractivity contribution in [3.05, 3.63) is 27.9 Å². The molecule has 1 fully saturated rings. The molecule has 0 amide bonds. The van der Waals surface area contributed by atoms with E-state index in [1.807, 2.05) is 0 Å². The minimum atomic E-state index is -0.241. The van der Waals surface area contributed by atoms with Gasteiger partial charge in [-0.1, -0.05) is 19.8 Å². The SMILES string of the molecule is CC1(c2nc(C=O)cc(=O)[nH]2)CCCC1. The van der Waals surface area contributed by atoms with E-state index in [2.05, 4.69) is 16.9 Å². The van der Waals surface area contributed by atoms with Gasteiger partial charge in [0.25, 0.3) is 5.56 Å². The monoisotopic (exact) mass is 206 g/mol. The molecule has 1 N–H and O–H groups in total. The molecule has 1 saturated carbocycles. The Kier molecular flexibility index (Phi) is 2.42. The average Bonchev–Trinajstić information content (AvgIpc) is 2.65. The molecule has 1 aliphatic rings. The first-order valence-corrected chi connectivity index (χ1v) is 5.21. The zero-order valence-corrected chi connectivity index (χ0v) is 8.75. The van der Waals surface area contributed by atoms with Crippen LogP contribution in [0, 0.1) is 0 Å². The second-order valence-corrected chi connectivity index (χ2v) is 4.40. The molecule has 0 radical (unpaired) electrons. The first-order chi connectivity index (χ1) is 7.14. The Balaban J connectivity index is 2.47. The highest BCUT2D eigenvalue weighted by atomic mass is 16.1. The van der Waals surface area contributed by atoms with E-state index in [0.29, 0.717) is 12.1 Å². The summed E-state index contributed by atoms with van der Waals surface area (Å²) in [5.74, 6) is 0.662. The molecule has 1 heterocycles. The number of rotatable bonds is 2. The summed E-state index contributed by atoms with van der Waals surface area (Å²) in [7, 11) is 0. The van der Waals surface area contributed by atoms with Crippen LogP contribution < -0.4 is 5.56 Å². The van der Waals surface area contributed by atoms with E-state index in [1.165, 1.54) is 6.07 Å². The maximum absolute atomic E-state index is 11.3. The van der Waals surface area contributed by atoms with Crippen molar-refractivity contribution in [3.63, 3.8) is 0 Å². The van der Waals surface area contributed by atoms with Crippen LogP contribution in [0.25, 0.3) is 0 Å². The molecule has 4 nitrogen and oxygen atoms in total. The van der Waals surface area contributed by atoms with E-state index in [9.17, 15) is 9.59 Å². The van der Waals surface area contributed by atoms with Gasteiger partial charge in [-0.2, -0.15) is 0 Å². The Bertz CT molecular complexity index is 430. The predicted octanol–water partition coefficient (Wildman–Crippen LogP) is 1.41. The van der Waals surface area contributed by atoms with Gasteiger partial charge in [-0.05, 0) is 12.8 Å². The highest BCUT2D eigenvalue weighted by Gasteiger charge is 2.33. The van der Waals surface area contributed by atoms with E-state index in [-0.39, 0.29) is 16.7 Å². The first-order valence-electron chi connectivity index (χ1n) is 5.21. The third-order valence-electron chi connectivity index (χ3n) is 3.16. The summed E-state index contributed by atoms with van der Waals surface area (Å²) in [5, 5.41) is 0. The molecular formula is C11H14N2O2. The normalized spacial score (nSPS) is 19.0. The third-order valence-corrected chi connectivity index (χ3v) is 3.16. The fourth-order valence-electron chi connectivity index (χ4n) is 2.21. The predicted molar refractivity (Wildman–Crippen MR) is 56.1 cm³/mol. The van der Waals surface area contributed by atoms with E-state index < -0.39 is 0 Å². The number of carbonyl (C=O) groups excluding carboxylic acids is 1. The average molecular weight is 206 g/mol. The van der Waals surface area contributed by atoms with E-state index >= 15 is 0 Å². The van der Waals surface area contributed by atoms with Crippen LogP contribution in [0.1, 0.15) is 48.9 Å². The summed E-state index contributed by atoms with van der Waals surface area (Å²) in [6, 6.07) is 1.23. The molecule has 4 heteroatoms.